The van der Waals surface area contributed by atoms with Gasteiger partial charge in [0.25, 0.3) is 0 Å². The van der Waals surface area contributed by atoms with Crippen LogP contribution in [0.4, 0.5) is 17.1 Å². The summed E-state index contributed by atoms with van der Waals surface area (Å²) in [5, 5.41) is 0. The monoisotopic (exact) mass is 483 g/mol. The normalized spacial score (nSPS) is 10.7. The van der Waals surface area contributed by atoms with E-state index in [9.17, 15) is 0 Å². The van der Waals surface area contributed by atoms with Crippen LogP contribution in [0.5, 0.6) is 0 Å². The van der Waals surface area contributed by atoms with E-state index in [0.717, 1.165) is 33.7 Å². The zero-order chi connectivity index (χ0) is 25.7. The molecule has 0 saturated heterocycles. The van der Waals surface area contributed by atoms with E-state index in [4.69, 9.17) is 7.85 Å². The van der Waals surface area contributed by atoms with Crippen molar-refractivity contribution in [1.29, 1.82) is 0 Å². The van der Waals surface area contributed by atoms with Crippen LogP contribution in [-0.2, 0) is 0 Å². The van der Waals surface area contributed by atoms with Crippen LogP contribution in [-0.4, -0.2) is 7.85 Å². The second kappa shape index (κ2) is 10.7. The fourth-order valence-electron chi connectivity index (χ4n) is 4.81. The number of hydrogen-bond donors (Lipinski definition) is 0. The Morgan fingerprint density at radius 1 is 0.316 bits per heavy atom. The molecule has 0 heterocycles. The lowest BCUT2D eigenvalue weighted by molar-refractivity contribution is 1.28. The lowest BCUT2D eigenvalue weighted by Crippen LogP contribution is -2.10. The Morgan fingerprint density at radius 3 is 1.21 bits per heavy atom. The molecule has 6 rings (SSSR count). The van der Waals surface area contributed by atoms with Crippen molar-refractivity contribution < 1.29 is 0 Å². The Morgan fingerprint density at radius 2 is 0.711 bits per heavy atom. The largest absolute Gasteiger partial charge is 0.310 e. The molecule has 0 fully saturated rings. The van der Waals surface area contributed by atoms with Gasteiger partial charge in [-0.25, -0.2) is 0 Å². The Kier molecular flexibility index (Phi) is 6.61. The van der Waals surface area contributed by atoms with Gasteiger partial charge in [-0.05, 0) is 69.8 Å². The molecule has 1 nitrogen and oxygen atoms in total. The molecule has 0 aromatic heterocycles. The molecule has 0 atom stereocenters. The van der Waals surface area contributed by atoms with Gasteiger partial charge in [-0.1, -0.05) is 127 Å². The highest BCUT2D eigenvalue weighted by atomic mass is 15.1. The minimum atomic E-state index is 0.767. The first-order chi connectivity index (χ1) is 18.7. The smallest absolute Gasteiger partial charge is 0.113 e. The summed E-state index contributed by atoms with van der Waals surface area (Å²) < 4.78 is 0. The fourth-order valence-corrected chi connectivity index (χ4v) is 4.81. The molecule has 178 valence electrons. The first-order valence-electron chi connectivity index (χ1n) is 12.8. The third-order valence-corrected chi connectivity index (χ3v) is 6.81. The van der Waals surface area contributed by atoms with Crippen LogP contribution >= 0.6 is 0 Å². The zero-order valence-electron chi connectivity index (χ0n) is 21.0. The molecule has 2 heteroatoms. The van der Waals surface area contributed by atoms with E-state index in [1.165, 1.54) is 22.3 Å². The first-order valence-corrected chi connectivity index (χ1v) is 12.8. The van der Waals surface area contributed by atoms with Gasteiger partial charge in [-0.2, -0.15) is 0 Å². The van der Waals surface area contributed by atoms with E-state index in [1.54, 1.807) is 0 Å². The molecule has 0 aliphatic rings. The molecule has 6 aromatic rings. The summed E-state index contributed by atoms with van der Waals surface area (Å²) in [4.78, 5) is 2.31. The van der Waals surface area contributed by atoms with Crippen molar-refractivity contribution >= 4 is 30.4 Å². The summed E-state index contributed by atoms with van der Waals surface area (Å²) in [6.07, 6.45) is 0. The minimum absolute atomic E-state index is 0.767. The second-order valence-electron chi connectivity index (χ2n) is 9.33. The van der Waals surface area contributed by atoms with E-state index in [-0.39, 0.29) is 0 Å². The Balaban J connectivity index is 1.42. The van der Waals surface area contributed by atoms with Crippen molar-refractivity contribution in [3.05, 3.63) is 158 Å². The number of hydrogen-bond acceptors (Lipinski definition) is 1. The topological polar surface area (TPSA) is 3.24 Å². The van der Waals surface area contributed by atoms with E-state index in [0.29, 0.717) is 0 Å². The molecule has 0 aliphatic heterocycles. The number of anilines is 3. The summed E-state index contributed by atoms with van der Waals surface area (Å²) in [6.45, 7) is 0. The highest BCUT2D eigenvalue weighted by Crippen LogP contribution is 2.38. The first kappa shape index (κ1) is 23.6. The molecule has 0 amide bonds. The average Bonchev–Trinajstić information content (AvgIpc) is 2.99. The van der Waals surface area contributed by atoms with Gasteiger partial charge in [0, 0.05) is 17.1 Å². The van der Waals surface area contributed by atoms with Crippen LogP contribution in [0.25, 0.3) is 33.4 Å². The summed E-state index contributed by atoms with van der Waals surface area (Å²) >= 11 is 0. The summed E-state index contributed by atoms with van der Waals surface area (Å²) in [5.74, 6) is 0. The van der Waals surface area contributed by atoms with E-state index < -0.39 is 0 Å². The molecule has 38 heavy (non-hydrogen) atoms. The average molecular weight is 483 g/mol. The number of rotatable bonds is 6. The Bertz CT molecular complexity index is 1540. The standard InChI is InChI=1S/C36H26BN/c37-33-20-14-31(15-21-33)32-12-7-13-36(26-32)38(34-22-16-29(17-23-34)27-8-3-1-4-9-27)35-24-18-30(19-25-35)28-10-5-2-6-11-28/h1-26H. The molecular weight excluding hydrogens is 457 g/mol. The molecular formula is C36H26BN. The maximum Gasteiger partial charge on any atom is 0.113 e. The maximum atomic E-state index is 5.94. The van der Waals surface area contributed by atoms with Crippen LogP contribution in [0.15, 0.2) is 158 Å². The molecule has 0 bridgehead atoms. The highest BCUT2D eigenvalue weighted by Gasteiger charge is 2.14. The molecule has 0 aliphatic carbocycles. The Labute approximate surface area is 226 Å². The SMILES string of the molecule is [B]c1ccc(-c2cccc(N(c3ccc(-c4ccccc4)cc3)c3ccc(-c4ccccc4)cc3)c2)cc1. The van der Waals surface area contributed by atoms with Crippen molar-refractivity contribution in [2.45, 2.75) is 0 Å². The van der Waals surface area contributed by atoms with Crippen molar-refractivity contribution in [2.24, 2.45) is 0 Å². The number of nitrogens with zero attached hydrogens (tertiary/aromatic N) is 1. The van der Waals surface area contributed by atoms with Gasteiger partial charge >= 0.3 is 0 Å². The Hall–Kier alpha value is -4.82. The summed E-state index contributed by atoms with van der Waals surface area (Å²) in [7, 11) is 5.94. The predicted octanol–water partition coefficient (Wildman–Crippen LogP) is 8.95. The molecule has 2 radical (unpaired) electrons. The van der Waals surface area contributed by atoms with E-state index in [2.05, 4.69) is 138 Å². The fraction of sp³-hybridized carbons (Fsp3) is 0. The van der Waals surface area contributed by atoms with Crippen LogP contribution in [0.2, 0.25) is 0 Å². The van der Waals surface area contributed by atoms with E-state index in [1.807, 2.05) is 24.3 Å². The second-order valence-corrected chi connectivity index (χ2v) is 9.33. The van der Waals surface area contributed by atoms with Gasteiger partial charge in [-0.15, -0.1) is 0 Å². The van der Waals surface area contributed by atoms with Crippen molar-refractivity contribution in [1.82, 2.24) is 0 Å². The van der Waals surface area contributed by atoms with Crippen LogP contribution in [0.3, 0.4) is 0 Å². The van der Waals surface area contributed by atoms with Crippen molar-refractivity contribution in [2.75, 3.05) is 4.90 Å². The van der Waals surface area contributed by atoms with Gasteiger partial charge in [0.2, 0.25) is 0 Å². The van der Waals surface area contributed by atoms with Crippen LogP contribution < -0.4 is 10.4 Å². The lowest BCUT2D eigenvalue weighted by Gasteiger charge is -2.26. The molecule has 0 N–H and O–H groups in total. The molecule has 6 aromatic carbocycles. The third-order valence-electron chi connectivity index (χ3n) is 6.81. The van der Waals surface area contributed by atoms with Crippen molar-refractivity contribution in [3.8, 4) is 33.4 Å². The zero-order valence-corrected chi connectivity index (χ0v) is 21.0. The van der Waals surface area contributed by atoms with Crippen LogP contribution in [0.1, 0.15) is 0 Å². The van der Waals surface area contributed by atoms with Gasteiger partial charge in [0.15, 0.2) is 0 Å². The predicted molar refractivity (Wildman–Crippen MR) is 163 cm³/mol. The van der Waals surface area contributed by atoms with Crippen LogP contribution in [0, 0.1) is 0 Å². The lowest BCUT2D eigenvalue weighted by atomic mass is 9.93. The highest BCUT2D eigenvalue weighted by molar-refractivity contribution is 6.32. The van der Waals surface area contributed by atoms with Gasteiger partial charge < -0.3 is 4.90 Å². The molecule has 0 spiro atoms. The quantitative estimate of drug-likeness (QED) is 0.214. The van der Waals surface area contributed by atoms with Crippen molar-refractivity contribution in [3.63, 3.8) is 0 Å². The maximum absolute atomic E-state index is 5.94. The number of benzene rings is 6. The van der Waals surface area contributed by atoms with E-state index >= 15 is 0 Å². The molecule has 0 saturated carbocycles. The third kappa shape index (κ3) is 5.03. The van der Waals surface area contributed by atoms with Gasteiger partial charge in [0.05, 0.1) is 0 Å². The summed E-state index contributed by atoms with van der Waals surface area (Å²) in [6, 6.07) is 55.2. The molecule has 0 unspecified atom stereocenters. The van der Waals surface area contributed by atoms with Gasteiger partial charge in [0.1, 0.15) is 7.85 Å². The van der Waals surface area contributed by atoms with Gasteiger partial charge in [-0.3, -0.25) is 0 Å². The summed E-state index contributed by atoms with van der Waals surface area (Å²) in [5.41, 5.74) is 11.2. The minimum Gasteiger partial charge on any atom is -0.310 e.